The molecule has 0 bridgehead atoms. The molecule has 19 heavy (non-hydrogen) atoms. The van der Waals surface area contributed by atoms with E-state index in [1.54, 1.807) is 11.6 Å². The van der Waals surface area contributed by atoms with E-state index in [-0.39, 0.29) is 5.60 Å². The summed E-state index contributed by atoms with van der Waals surface area (Å²) in [5, 5.41) is 7.53. The van der Waals surface area contributed by atoms with Gasteiger partial charge in [0.25, 0.3) is 5.78 Å². The number of nitrogens with one attached hydrogen (secondary N) is 1. The van der Waals surface area contributed by atoms with Gasteiger partial charge in [0.1, 0.15) is 17.7 Å². The Morgan fingerprint density at radius 3 is 3.21 bits per heavy atom. The Kier molecular flexibility index (Phi) is 3.08. The minimum absolute atomic E-state index is 0.260. The quantitative estimate of drug-likeness (QED) is 0.873. The van der Waals surface area contributed by atoms with Crippen LogP contribution >= 0.6 is 0 Å². The van der Waals surface area contributed by atoms with Crippen LogP contribution in [0.4, 0.5) is 5.82 Å². The van der Waals surface area contributed by atoms with Gasteiger partial charge in [0.15, 0.2) is 0 Å². The molecular weight excluding hydrogens is 246 g/mol. The van der Waals surface area contributed by atoms with Gasteiger partial charge >= 0.3 is 0 Å². The third-order valence-electron chi connectivity index (χ3n) is 3.47. The van der Waals surface area contributed by atoms with Crippen LogP contribution in [-0.4, -0.2) is 52.1 Å². The fourth-order valence-corrected chi connectivity index (χ4v) is 2.27. The number of ether oxygens (including phenoxy) is 2. The predicted octanol–water partition coefficient (Wildman–Crippen LogP) is 0.650. The number of rotatable bonds is 4. The maximum Gasteiger partial charge on any atom is 0.254 e. The van der Waals surface area contributed by atoms with E-state index in [1.807, 2.05) is 13.0 Å². The summed E-state index contributed by atoms with van der Waals surface area (Å²) in [7, 11) is 1.72. The van der Waals surface area contributed by atoms with E-state index in [2.05, 4.69) is 20.4 Å². The molecule has 0 saturated carbocycles. The van der Waals surface area contributed by atoms with Crippen molar-refractivity contribution in [2.45, 2.75) is 18.9 Å². The van der Waals surface area contributed by atoms with Crippen LogP contribution in [0.3, 0.4) is 0 Å². The highest BCUT2D eigenvalue weighted by molar-refractivity contribution is 5.44. The topological polar surface area (TPSA) is 73.6 Å². The van der Waals surface area contributed by atoms with Crippen LogP contribution in [-0.2, 0) is 9.47 Å². The molecule has 102 valence electrons. The highest BCUT2D eigenvalue weighted by atomic mass is 16.5. The Labute approximate surface area is 111 Å². The standard InChI is InChI=1S/C12H17N5O2/c1-9-5-10(17-11(16-9)14-8-15-17)13-6-12(18-2)3-4-19-7-12/h5,8,13H,3-4,6-7H2,1-2H3. The molecule has 1 atom stereocenters. The monoisotopic (exact) mass is 263 g/mol. The molecule has 3 heterocycles. The second-order valence-electron chi connectivity index (χ2n) is 4.80. The van der Waals surface area contributed by atoms with E-state index in [9.17, 15) is 0 Å². The van der Waals surface area contributed by atoms with Crippen molar-refractivity contribution in [3.63, 3.8) is 0 Å². The average molecular weight is 263 g/mol. The molecule has 0 aliphatic carbocycles. The zero-order chi connectivity index (χ0) is 13.3. The number of fused-ring (bicyclic) bond motifs is 1. The van der Waals surface area contributed by atoms with Gasteiger partial charge in [-0.2, -0.15) is 14.6 Å². The minimum Gasteiger partial charge on any atom is -0.378 e. The summed E-state index contributed by atoms with van der Waals surface area (Å²) in [4.78, 5) is 8.41. The first kappa shape index (κ1) is 12.3. The molecule has 2 aromatic heterocycles. The molecule has 7 heteroatoms. The average Bonchev–Trinajstić information content (AvgIpc) is 3.05. The van der Waals surface area contributed by atoms with Crippen molar-refractivity contribution in [2.24, 2.45) is 0 Å². The Balaban J connectivity index is 1.83. The lowest BCUT2D eigenvalue weighted by atomic mass is 10.0. The molecule has 7 nitrogen and oxygen atoms in total. The highest BCUT2D eigenvalue weighted by Crippen LogP contribution is 2.23. The summed E-state index contributed by atoms with van der Waals surface area (Å²) in [6.45, 7) is 3.96. The molecule has 0 radical (unpaired) electrons. The van der Waals surface area contributed by atoms with Gasteiger partial charge < -0.3 is 14.8 Å². The highest BCUT2D eigenvalue weighted by Gasteiger charge is 2.34. The van der Waals surface area contributed by atoms with Crippen molar-refractivity contribution in [2.75, 3.05) is 32.2 Å². The number of anilines is 1. The van der Waals surface area contributed by atoms with E-state index in [0.717, 1.165) is 24.5 Å². The lowest BCUT2D eigenvalue weighted by molar-refractivity contribution is -0.00628. The fourth-order valence-electron chi connectivity index (χ4n) is 2.27. The zero-order valence-electron chi connectivity index (χ0n) is 11.1. The Hall–Kier alpha value is -1.73. The zero-order valence-corrected chi connectivity index (χ0v) is 11.1. The lowest BCUT2D eigenvalue weighted by Crippen LogP contribution is -2.40. The van der Waals surface area contributed by atoms with E-state index >= 15 is 0 Å². The summed E-state index contributed by atoms with van der Waals surface area (Å²) in [5.41, 5.74) is 0.640. The smallest absolute Gasteiger partial charge is 0.254 e. The first-order chi connectivity index (χ1) is 9.22. The normalized spacial score (nSPS) is 23.1. The molecule has 1 N–H and O–H groups in total. The van der Waals surface area contributed by atoms with Crippen molar-refractivity contribution in [3.8, 4) is 0 Å². The molecule has 3 rings (SSSR count). The molecule has 1 fully saturated rings. The summed E-state index contributed by atoms with van der Waals surface area (Å²) in [6.07, 6.45) is 2.39. The molecule has 0 amide bonds. The third kappa shape index (κ3) is 2.26. The predicted molar refractivity (Wildman–Crippen MR) is 69.2 cm³/mol. The summed E-state index contributed by atoms with van der Waals surface area (Å²) in [5.74, 6) is 1.46. The number of nitrogens with zero attached hydrogens (tertiary/aromatic N) is 4. The van der Waals surface area contributed by atoms with Crippen LogP contribution in [0.5, 0.6) is 0 Å². The number of hydrogen-bond acceptors (Lipinski definition) is 6. The SMILES string of the molecule is COC1(CNc2cc(C)nc3ncnn23)CCOC1. The molecule has 1 saturated heterocycles. The molecule has 1 aliphatic heterocycles. The van der Waals surface area contributed by atoms with Gasteiger partial charge in [-0.05, 0) is 6.92 Å². The van der Waals surface area contributed by atoms with Gasteiger partial charge in [-0.15, -0.1) is 0 Å². The van der Waals surface area contributed by atoms with Crippen LogP contribution in [0, 0.1) is 6.92 Å². The largest absolute Gasteiger partial charge is 0.378 e. The number of aryl methyl sites for hydroxylation is 1. The van der Waals surface area contributed by atoms with E-state index in [0.29, 0.717) is 18.9 Å². The van der Waals surface area contributed by atoms with Crippen LogP contribution in [0.15, 0.2) is 12.4 Å². The summed E-state index contributed by atoms with van der Waals surface area (Å²) in [6, 6.07) is 1.95. The number of methoxy groups -OCH3 is 1. The maximum atomic E-state index is 5.60. The lowest BCUT2D eigenvalue weighted by Gasteiger charge is -2.26. The maximum absolute atomic E-state index is 5.60. The van der Waals surface area contributed by atoms with Crippen molar-refractivity contribution < 1.29 is 9.47 Å². The van der Waals surface area contributed by atoms with E-state index in [4.69, 9.17) is 9.47 Å². The van der Waals surface area contributed by atoms with Crippen molar-refractivity contribution in [3.05, 3.63) is 18.1 Å². The summed E-state index contributed by atoms with van der Waals surface area (Å²) < 4.78 is 12.7. The van der Waals surface area contributed by atoms with Crippen LogP contribution in [0.25, 0.3) is 5.78 Å². The van der Waals surface area contributed by atoms with Gasteiger partial charge in [0.05, 0.1) is 6.61 Å². The van der Waals surface area contributed by atoms with E-state index in [1.165, 1.54) is 6.33 Å². The van der Waals surface area contributed by atoms with Gasteiger partial charge in [0.2, 0.25) is 0 Å². The van der Waals surface area contributed by atoms with Crippen LogP contribution in [0.1, 0.15) is 12.1 Å². The molecule has 0 spiro atoms. The number of aromatic nitrogens is 4. The van der Waals surface area contributed by atoms with Crippen molar-refractivity contribution in [1.29, 1.82) is 0 Å². The van der Waals surface area contributed by atoms with E-state index < -0.39 is 0 Å². The first-order valence-corrected chi connectivity index (χ1v) is 6.27. The molecule has 0 aromatic carbocycles. The van der Waals surface area contributed by atoms with Crippen molar-refractivity contribution in [1.82, 2.24) is 19.6 Å². The van der Waals surface area contributed by atoms with Crippen LogP contribution < -0.4 is 5.32 Å². The van der Waals surface area contributed by atoms with Gasteiger partial charge in [-0.1, -0.05) is 0 Å². The Morgan fingerprint density at radius 1 is 1.58 bits per heavy atom. The second kappa shape index (κ2) is 4.75. The number of hydrogen-bond donors (Lipinski definition) is 1. The summed E-state index contributed by atoms with van der Waals surface area (Å²) >= 11 is 0. The van der Waals surface area contributed by atoms with Crippen LogP contribution in [0.2, 0.25) is 0 Å². The van der Waals surface area contributed by atoms with Gasteiger partial charge in [-0.25, -0.2) is 4.98 Å². The molecule has 1 aliphatic rings. The van der Waals surface area contributed by atoms with Crippen molar-refractivity contribution >= 4 is 11.6 Å². The third-order valence-corrected chi connectivity index (χ3v) is 3.47. The van der Waals surface area contributed by atoms with Gasteiger partial charge in [-0.3, -0.25) is 0 Å². The molecule has 1 unspecified atom stereocenters. The van der Waals surface area contributed by atoms with Gasteiger partial charge in [0, 0.05) is 38.4 Å². The molecular formula is C12H17N5O2. The Morgan fingerprint density at radius 2 is 2.47 bits per heavy atom. The fraction of sp³-hybridized carbons (Fsp3) is 0.583. The molecule has 2 aromatic rings. The second-order valence-corrected chi connectivity index (χ2v) is 4.80. The first-order valence-electron chi connectivity index (χ1n) is 6.27. The minimum atomic E-state index is -0.260. The Bertz CT molecular complexity index is 577.